The van der Waals surface area contributed by atoms with E-state index in [1.807, 2.05) is 19.1 Å². The molecule has 0 radical (unpaired) electrons. The van der Waals surface area contributed by atoms with E-state index in [1.54, 1.807) is 6.07 Å². The number of sulfonamides is 1. The van der Waals surface area contributed by atoms with Gasteiger partial charge in [0.2, 0.25) is 10.0 Å². The Labute approximate surface area is 126 Å². The van der Waals surface area contributed by atoms with E-state index in [9.17, 15) is 13.5 Å². The first kappa shape index (κ1) is 15.0. The van der Waals surface area contributed by atoms with Crippen molar-refractivity contribution in [2.75, 3.05) is 13.2 Å². The van der Waals surface area contributed by atoms with Gasteiger partial charge in [0.25, 0.3) is 0 Å². The molecule has 3 rings (SSSR count). The van der Waals surface area contributed by atoms with Crippen molar-refractivity contribution in [2.45, 2.75) is 50.0 Å². The zero-order chi connectivity index (χ0) is 15.0. The van der Waals surface area contributed by atoms with E-state index in [2.05, 4.69) is 0 Å². The summed E-state index contributed by atoms with van der Waals surface area (Å²) in [4.78, 5) is 0.385. The SMILES string of the molecule is CC1CCN(S(=O)(=O)c2ccc3c(c2)CCCC3)C1CO. The van der Waals surface area contributed by atoms with Gasteiger partial charge < -0.3 is 5.11 Å². The van der Waals surface area contributed by atoms with Crippen molar-refractivity contribution in [3.63, 3.8) is 0 Å². The van der Waals surface area contributed by atoms with Gasteiger partial charge >= 0.3 is 0 Å². The highest BCUT2D eigenvalue weighted by Crippen LogP contribution is 2.31. The van der Waals surface area contributed by atoms with Crippen molar-refractivity contribution >= 4 is 10.0 Å². The van der Waals surface area contributed by atoms with Crippen LogP contribution in [0.3, 0.4) is 0 Å². The maximum Gasteiger partial charge on any atom is 0.243 e. The number of hydrogen-bond donors (Lipinski definition) is 1. The van der Waals surface area contributed by atoms with Crippen LogP contribution in [0.1, 0.15) is 37.3 Å². The Bertz CT molecular complexity index is 626. The predicted octanol–water partition coefficient (Wildman–Crippen LogP) is 1.96. The van der Waals surface area contributed by atoms with Crippen LogP contribution in [0.25, 0.3) is 0 Å². The Kier molecular flexibility index (Phi) is 4.08. The second-order valence-corrected chi connectivity index (χ2v) is 8.16. The molecule has 1 N–H and O–H groups in total. The Morgan fingerprint density at radius 2 is 1.95 bits per heavy atom. The molecule has 5 heteroatoms. The van der Waals surface area contributed by atoms with Gasteiger partial charge in [-0.05, 0) is 61.3 Å². The van der Waals surface area contributed by atoms with Gasteiger partial charge in [0.05, 0.1) is 17.5 Å². The minimum atomic E-state index is -3.49. The smallest absolute Gasteiger partial charge is 0.243 e. The zero-order valence-electron chi connectivity index (χ0n) is 12.5. The molecule has 2 unspecified atom stereocenters. The molecule has 0 aromatic heterocycles. The van der Waals surface area contributed by atoms with Crippen LogP contribution < -0.4 is 0 Å². The quantitative estimate of drug-likeness (QED) is 0.928. The lowest BCUT2D eigenvalue weighted by molar-refractivity contribution is 0.191. The number of nitrogens with zero attached hydrogens (tertiary/aromatic N) is 1. The molecule has 1 aromatic rings. The Morgan fingerprint density at radius 3 is 2.67 bits per heavy atom. The van der Waals surface area contributed by atoms with E-state index in [4.69, 9.17) is 0 Å². The van der Waals surface area contributed by atoms with Crippen molar-refractivity contribution in [3.8, 4) is 0 Å². The lowest BCUT2D eigenvalue weighted by Crippen LogP contribution is -2.39. The molecule has 1 aliphatic carbocycles. The van der Waals surface area contributed by atoms with Gasteiger partial charge in [-0.3, -0.25) is 0 Å². The van der Waals surface area contributed by atoms with Crippen molar-refractivity contribution < 1.29 is 13.5 Å². The third-order valence-electron chi connectivity index (χ3n) is 4.95. The fourth-order valence-electron chi connectivity index (χ4n) is 3.55. The fraction of sp³-hybridized carbons (Fsp3) is 0.625. The summed E-state index contributed by atoms with van der Waals surface area (Å²) in [5.74, 6) is 0.211. The molecular weight excluding hydrogens is 286 g/mol. The van der Waals surface area contributed by atoms with E-state index in [-0.39, 0.29) is 18.6 Å². The second kappa shape index (κ2) is 5.71. The normalized spacial score (nSPS) is 26.8. The van der Waals surface area contributed by atoms with Crippen LogP contribution in [0.5, 0.6) is 0 Å². The first-order valence-electron chi connectivity index (χ1n) is 7.78. The van der Waals surface area contributed by atoms with Crippen molar-refractivity contribution in [1.29, 1.82) is 0 Å². The van der Waals surface area contributed by atoms with Gasteiger partial charge in [0, 0.05) is 6.54 Å². The van der Waals surface area contributed by atoms with Gasteiger partial charge in [-0.25, -0.2) is 8.42 Å². The second-order valence-electron chi connectivity index (χ2n) is 6.27. The Morgan fingerprint density at radius 1 is 1.24 bits per heavy atom. The summed E-state index contributed by atoms with van der Waals surface area (Å²) in [6, 6.07) is 5.26. The number of fused-ring (bicyclic) bond motifs is 1. The molecule has 0 bridgehead atoms. The maximum absolute atomic E-state index is 12.8. The number of rotatable bonds is 3. The summed E-state index contributed by atoms with van der Waals surface area (Å²) in [6.45, 7) is 2.40. The molecule has 0 spiro atoms. The molecule has 1 heterocycles. The van der Waals surface area contributed by atoms with Crippen molar-refractivity contribution in [1.82, 2.24) is 4.31 Å². The summed E-state index contributed by atoms with van der Waals surface area (Å²) >= 11 is 0. The fourth-order valence-corrected chi connectivity index (χ4v) is 5.33. The first-order chi connectivity index (χ1) is 10.0. The summed E-state index contributed by atoms with van der Waals surface area (Å²) in [5.41, 5.74) is 2.46. The molecule has 1 aliphatic heterocycles. The summed E-state index contributed by atoms with van der Waals surface area (Å²) in [7, 11) is -3.49. The molecule has 21 heavy (non-hydrogen) atoms. The zero-order valence-corrected chi connectivity index (χ0v) is 13.3. The average Bonchev–Trinajstić information content (AvgIpc) is 2.88. The summed E-state index contributed by atoms with van der Waals surface area (Å²) < 4.78 is 27.2. The molecule has 1 fully saturated rings. The van der Waals surface area contributed by atoms with Crippen LogP contribution in [0.4, 0.5) is 0 Å². The molecule has 116 valence electrons. The van der Waals surface area contributed by atoms with Crippen LogP contribution in [0, 0.1) is 5.92 Å². The molecule has 2 atom stereocenters. The van der Waals surface area contributed by atoms with Gasteiger partial charge in [0.1, 0.15) is 0 Å². The molecule has 0 saturated carbocycles. The maximum atomic E-state index is 12.8. The Balaban J connectivity index is 1.95. The Hall–Kier alpha value is -0.910. The largest absolute Gasteiger partial charge is 0.395 e. The van der Waals surface area contributed by atoms with E-state index in [0.29, 0.717) is 11.4 Å². The summed E-state index contributed by atoms with van der Waals surface area (Å²) in [5, 5.41) is 9.50. The van der Waals surface area contributed by atoms with Gasteiger partial charge in [0.15, 0.2) is 0 Å². The van der Waals surface area contributed by atoms with Crippen molar-refractivity contribution in [2.24, 2.45) is 5.92 Å². The highest BCUT2D eigenvalue weighted by molar-refractivity contribution is 7.89. The van der Waals surface area contributed by atoms with Gasteiger partial charge in [-0.1, -0.05) is 13.0 Å². The van der Waals surface area contributed by atoms with E-state index >= 15 is 0 Å². The van der Waals surface area contributed by atoms with Crippen LogP contribution >= 0.6 is 0 Å². The first-order valence-corrected chi connectivity index (χ1v) is 9.22. The molecule has 2 aliphatic rings. The topological polar surface area (TPSA) is 57.6 Å². The van der Waals surface area contributed by atoms with Gasteiger partial charge in [-0.2, -0.15) is 4.31 Å². The molecule has 0 amide bonds. The molecular formula is C16H23NO3S. The minimum absolute atomic E-state index is 0.106. The van der Waals surface area contributed by atoms with E-state index < -0.39 is 10.0 Å². The van der Waals surface area contributed by atoms with E-state index in [1.165, 1.54) is 21.9 Å². The van der Waals surface area contributed by atoms with Crippen molar-refractivity contribution in [3.05, 3.63) is 29.3 Å². The lowest BCUT2D eigenvalue weighted by atomic mass is 9.92. The van der Waals surface area contributed by atoms with Crippen LogP contribution in [0.15, 0.2) is 23.1 Å². The predicted molar refractivity (Wildman–Crippen MR) is 81.6 cm³/mol. The molecule has 4 nitrogen and oxygen atoms in total. The van der Waals surface area contributed by atoms with Crippen LogP contribution in [-0.2, 0) is 22.9 Å². The molecule has 1 aromatic carbocycles. The van der Waals surface area contributed by atoms with Crippen LogP contribution in [-0.4, -0.2) is 37.0 Å². The van der Waals surface area contributed by atoms with Crippen LogP contribution in [0.2, 0.25) is 0 Å². The number of aliphatic hydroxyl groups excluding tert-OH is 1. The number of benzene rings is 1. The lowest BCUT2D eigenvalue weighted by Gasteiger charge is -2.25. The standard InChI is InChI=1S/C16H23NO3S/c1-12-8-9-17(16(12)11-18)21(19,20)15-7-6-13-4-2-3-5-14(13)10-15/h6-7,10,12,16,18H,2-5,8-9,11H2,1H3. The monoisotopic (exact) mass is 309 g/mol. The number of hydrogen-bond acceptors (Lipinski definition) is 3. The third kappa shape index (κ3) is 2.62. The van der Waals surface area contributed by atoms with E-state index in [0.717, 1.165) is 25.7 Å². The minimum Gasteiger partial charge on any atom is -0.395 e. The third-order valence-corrected chi connectivity index (χ3v) is 6.87. The summed E-state index contributed by atoms with van der Waals surface area (Å²) in [6.07, 6.45) is 5.16. The average molecular weight is 309 g/mol. The molecule has 1 saturated heterocycles. The number of aryl methyl sites for hydroxylation is 2. The number of aliphatic hydroxyl groups is 1. The highest BCUT2D eigenvalue weighted by Gasteiger charge is 2.39. The van der Waals surface area contributed by atoms with Gasteiger partial charge in [-0.15, -0.1) is 0 Å². The highest BCUT2D eigenvalue weighted by atomic mass is 32.2.